The van der Waals surface area contributed by atoms with Gasteiger partial charge >= 0.3 is 0 Å². The van der Waals surface area contributed by atoms with E-state index in [4.69, 9.17) is 0 Å². The van der Waals surface area contributed by atoms with Crippen molar-refractivity contribution in [3.63, 3.8) is 0 Å². The molecule has 3 rings (SSSR count). The Balaban J connectivity index is 1.65. The van der Waals surface area contributed by atoms with Crippen LogP contribution in [0.5, 0.6) is 0 Å². The van der Waals surface area contributed by atoms with Crippen molar-refractivity contribution < 1.29 is 0 Å². The summed E-state index contributed by atoms with van der Waals surface area (Å²) in [5.41, 5.74) is 1.53. The Morgan fingerprint density at radius 1 is 1.00 bits per heavy atom. The Kier molecular flexibility index (Phi) is 3.36. The third-order valence-electron chi connectivity index (χ3n) is 4.31. The highest BCUT2D eigenvalue weighted by atomic mass is 14.4. The minimum absolute atomic E-state index is 0.970. The van der Waals surface area contributed by atoms with Gasteiger partial charge in [0.25, 0.3) is 0 Å². The lowest BCUT2D eigenvalue weighted by Crippen LogP contribution is -1.90. The van der Waals surface area contributed by atoms with Crippen molar-refractivity contribution in [2.45, 2.75) is 39.0 Å². The molecule has 2 atom stereocenters. The molecule has 0 aliphatic heterocycles. The first-order valence-electron chi connectivity index (χ1n) is 7.34. The standard InChI is InChI=1S/C18H22/c1-2-3-6-17-13-18(17)12-14-9-10-15-7-4-5-8-16(15)11-14/h4-5,7-11,17-18H,2-3,6,12-13H2,1H3/t17-,18+/m1/s1. The lowest BCUT2D eigenvalue weighted by Gasteiger charge is -2.03. The van der Waals surface area contributed by atoms with Crippen LogP contribution in [0.1, 0.15) is 38.2 Å². The quantitative estimate of drug-likeness (QED) is 0.671. The second-order valence-corrected chi connectivity index (χ2v) is 5.78. The van der Waals surface area contributed by atoms with E-state index in [0.29, 0.717) is 0 Å². The zero-order valence-corrected chi connectivity index (χ0v) is 11.2. The number of rotatable bonds is 5. The molecular formula is C18H22. The summed E-state index contributed by atoms with van der Waals surface area (Å²) in [5.74, 6) is 1.99. The molecule has 0 N–H and O–H groups in total. The van der Waals surface area contributed by atoms with Crippen molar-refractivity contribution in [1.82, 2.24) is 0 Å². The van der Waals surface area contributed by atoms with E-state index in [9.17, 15) is 0 Å². The van der Waals surface area contributed by atoms with Gasteiger partial charge in [-0.05, 0) is 41.0 Å². The number of hydrogen-bond donors (Lipinski definition) is 0. The average Bonchev–Trinajstić information content (AvgIpc) is 3.14. The van der Waals surface area contributed by atoms with Crippen LogP contribution in [-0.2, 0) is 6.42 Å². The minimum atomic E-state index is 0.970. The summed E-state index contributed by atoms with van der Waals surface area (Å²) in [6.45, 7) is 2.29. The minimum Gasteiger partial charge on any atom is -0.0654 e. The first-order chi connectivity index (χ1) is 8.86. The monoisotopic (exact) mass is 238 g/mol. The Bertz CT molecular complexity index is 526. The van der Waals surface area contributed by atoms with E-state index in [0.717, 1.165) is 11.8 Å². The molecule has 1 aliphatic carbocycles. The fourth-order valence-electron chi connectivity index (χ4n) is 3.05. The smallest absolute Gasteiger partial charge is 0.0181 e. The third kappa shape index (κ3) is 2.58. The van der Waals surface area contributed by atoms with Gasteiger partial charge in [0.05, 0.1) is 0 Å². The van der Waals surface area contributed by atoms with E-state index in [1.54, 1.807) is 0 Å². The van der Waals surface area contributed by atoms with Crippen molar-refractivity contribution in [3.8, 4) is 0 Å². The van der Waals surface area contributed by atoms with E-state index in [2.05, 4.69) is 49.4 Å². The van der Waals surface area contributed by atoms with Crippen molar-refractivity contribution >= 4 is 10.8 Å². The summed E-state index contributed by atoms with van der Waals surface area (Å²) < 4.78 is 0. The van der Waals surface area contributed by atoms with Crippen LogP contribution in [0.4, 0.5) is 0 Å². The van der Waals surface area contributed by atoms with E-state index in [1.165, 1.54) is 48.4 Å². The molecule has 0 heterocycles. The number of fused-ring (bicyclic) bond motifs is 1. The molecule has 1 fully saturated rings. The summed E-state index contributed by atoms with van der Waals surface area (Å²) >= 11 is 0. The second kappa shape index (κ2) is 5.14. The Morgan fingerprint density at radius 3 is 2.67 bits per heavy atom. The highest BCUT2D eigenvalue weighted by Gasteiger charge is 2.35. The van der Waals surface area contributed by atoms with Gasteiger partial charge in [-0.25, -0.2) is 0 Å². The SMILES string of the molecule is CCCC[C@@H]1C[C@@H]1Cc1ccc2ccccc2c1. The van der Waals surface area contributed by atoms with Crippen LogP contribution in [0.15, 0.2) is 42.5 Å². The largest absolute Gasteiger partial charge is 0.0654 e. The summed E-state index contributed by atoms with van der Waals surface area (Å²) in [6, 6.07) is 15.6. The van der Waals surface area contributed by atoms with Gasteiger partial charge in [-0.15, -0.1) is 0 Å². The summed E-state index contributed by atoms with van der Waals surface area (Å²) in [5, 5.41) is 2.75. The van der Waals surface area contributed by atoms with Crippen LogP contribution < -0.4 is 0 Å². The highest BCUT2D eigenvalue weighted by Crippen LogP contribution is 2.44. The molecule has 0 unspecified atom stereocenters. The van der Waals surface area contributed by atoms with Gasteiger partial charge in [0.2, 0.25) is 0 Å². The zero-order chi connectivity index (χ0) is 12.4. The summed E-state index contributed by atoms with van der Waals surface area (Å²) in [6.07, 6.45) is 6.97. The topological polar surface area (TPSA) is 0 Å². The van der Waals surface area contributed by atoms with Crippen LogP contribution >= 0.6 is 0 Å². The van der Waals surface area contributed by atoms with Gasteiger partial charge in [0.1, 0.15) is 0 Å². The molecule has 1 aliphatic rings. The third-order valence-corrected chi connectivity index (χ3v) is 4.31. The van der Waals surface area contributed by atoms with Gasteiger partial charge in [-0.3, -0.25) is 0 Å². The van der Waals surface area contributed by atoms with Gasteiger partial charge in [0.15, 0.2) is 0 Å². The average molecular weight is 238 g/mol. The highest BCUT2D eigenvalue weighted by molar-refractivity contribution is 5.82. The van der Waals surface area contributed by atoms with Gasteiger partial charge in [-0.2, -0.15) is 0 Å². The zero-order valence-electron chi connectivity index (χ0n) is 11.2. The molecular weight excluding hydrogens is 216 g/mol. The Labute approximate surface area is 110 Å². The molecule has 0 amide bonds. The molecule has 2 aromatic carbocycles. The summed E-state index contributed by atoms with van der Waals surface area (Å²) in [7, 11) is 0. The molecule has 0 aromatic heterocycles. The van der Waals surface area contributed by atoms with Gasteiger partial charge in [0, 0.05) is 0 Å². The predicted octanol–water partition coefficient (Wildman–Crippen LogP) is 5.21. The maximum atomic E-state index is 2.38. The molecule has 18 heavy (non-hydrogen) atoms. The fraction of sp³-hybridized carbons (Fsp3) is 0.444. The van der Waals surface area contributed by atoms with E-state index in [-0.39, 0.29) is 0 Å². The number of benzene rings is 2. The number of unbranched alkanes of at least 4 members (excludes halogenated alkanes) is 1. The van der Waals surface area contributed by atoms with Crippen LogP contribution in [0.25, 0.3) is 10.8 Å². The van der Waals surface area contributed by atoms with E-state index < -0.39 is 0 Å². The first kappa shape index (κ1) is 11.8. The molecule has 0 saturated heterocycles. The first-order valence-corrected chi connectivity index (χ1v) is 7.34. The molecule has 0 nitrogen and oxygen atoms in total. The fourth-order valence-corrected chi connectivity index (χ4v) is 3.05. The number of hydrogen-bond acceptors (Lipinski definition) is 0. The van der Waals surface area contributed by atoms with Crippen molar-refractivity contribution in [2.75, 3.05) is 0 Å². The molecule has 0 bridgehead atoms. The van der Waals surface area contributed by atoms with Crippen molar-refractivity contribution in [1.29, 1.82) is 0 Å². The van der Waals surface area contributed by atoms with E-state index in [1.807, 2.05) is 0 Å². The van der Waals surface area contributed by atoms with Crippen LogP contribution in [0.3, 0.4) is 0 Å². The second-order valence-electron chi connectivity index (χ2n) is 5.78. The molecule has 2 aromatic rings. The Morgan fingerprint density at radius 2 is 1.83 bits per heavy atom. The lowest BCUT2D eigenvalue weighted by molar-refractivity contribution is 0.601. The maximum absolute atomic E-state index is 2.38. The van der Waals surface area contributed by atoms with Crippen LogP contribution in [0, 0.1) is 11.8 Å². The lowest BCUT2D eigenvalue weighted by atomic mass is 10.0. The van der Waals surface area contributed by atoms with Crippen molar-refractivity contribution in [3.05, 3.63) is 48.0 Å². The normalized spacial score (nSPS) is 22.3. The maximum Gasteiger partial charge on any atom is -0.0181 e. The van der Waals surface area contributed by atoms with Crippen LogP contribution in [0.2, 0.25) is 0 Å². The molecule has 0 radical (unpaired) electrons. The molecule has 0 spiro atoms. The van der Waals surface area contributed by atoms with Gasteiger partial charge in [-0.1, -0.05) is 68.7 Å². The van der Waals surface area contributed by atoms with Crippen molar-refractivity contribution in [2.24, 2.45) is 11.8 Å². The molecule has 1 saturated carbocycles. The van der Waals surface area contributed by atoms with Gasteiger partial charge < -0.3 is 0 Å². The molecule has 94 valence electrons. The van der Waals surface area contributed by atoms with E-state index >= 15 is 0 Å². The molecule has 0 heteroatoms. The Hall–Kier alpha value is -1.30. The van der Waals surface area contributed by atoms with Crippen LogP contribution in [-0.4, -0.2) is 0 Å². The predicted molar refractivity (Wildman–Crippen MR) is 78.8 cm³/mol. The summed E-state index contributed by atoms with van der Waals surface area (Å²) in [4.78, 5) is 0.